The molecule has 5 nitrogen and oxygen atoms in total. The Kier molecular flexibility index (Phi) is 5.96. The van der Waals surface area contributed by atoms with E-state index < -0.39 is 0 Å². The third-order valence-corrected chi connectivity index (χ3v) is 4.24. The number of halogens is 2. The molecular formula is C19H20ClFN2O3. The van der Waals surface area contributed by atoms with E-state index in [1.54, 1.807) is 42.3 Å². The number of rotatable bonds is 5. The van der Waals surface area contributed by atoms with Crippen molar-refractivity contribution in [3.05, 3.63) is 52.8 Å². The maximum Gasteiger partial charge on any atom is 0.238 e. The molecule has 2 aromatic rings. The molecule has 1 amide bonds. The van der Waals surface area contributed by atoms with Crippen LogP contribution in [0.4, 0.5) is 10.1 Å². The number of hydrogen-bond donors (Lipinski definition) is 1. The van der Waals surface area contributed by atoms with E-state index in [-0.39, 0.29) is 18.3 Å². The Morgan fingerprint density at radius 1 is 1.23 bits per heavy atom. The fourth-order valence-corrected chi connectivity index (χ4v) is 2.89. The highest BCUT2D eigenvalue weighted by Gasteiger charge is 2.16. The average molecular weight is 379 g/mol. The van der Waals surface area contributed by atoms with Crippen LogP contribution in [-0.2, 0) is 11.3 Å². The number of amides is 1. The number of benzene rings is 2. The van der Waals surface area contributed by atoms with Gasteiger partial charge >= 0.3 is 0 Å². The van der Waals surface area contributed by atoms with Crippen molar-refractivity contribution in [2.45, 2.75) is 13.0 Å². The zero-order valence-corrected chi connectivity index (χ0v) is 15.2. The predicted molar refractivity (Wildman–Crippen MR) is 98.4 cm³/mol. The summed E-state index contributed by atoms with van der Waals surface area (Å²) >= 11 is 6.23. The first-order valence-electron chi connectivity index (χ1n) is 8.34. The molecule has 0 aliphatic carbocycles. The molecular weight excluding hydrogens is 359 g/mol. The summed E-state index contributed by atoms with van der Waals surface area (Å²) in [5.41, 5.74) is 0.997. The van der Waals surface area contributed by atoms with Crippen LogP contribution in [0.3, 0.4) is 0 Å². The number of nitrogens with zero attached hydrogens (tertiary/aromatic N) is 1. The zero-order valence-electron chi connectivity index (χ0n) is 14.4. The van der Waals surface area contributed by atoms with Gasteiger partial charge < -0.3 is 14.8 Å². The maximum absolute atomic E-state index is 13.7. The van der Waals surface area contributed by atoms with Gasteiger partial charge in [-0.2, -0.15) is 0 Å². The summed E-state index contributed by atoms with van der Waals surface area (Å²) in [6.45, 7) is 1.54. The van der Waals surface area contributed by atoms with Crippen LogP contribution in [0, 0.1) is 5.82 Å². The molecule has 0 saturated heterocycles. The van der Waals surface area contributed by atoms with Crippen LogP contribution < -0.4 is 14.8 Å². The SMILES string of the molecule is CN(CC(=O)Nc1cc2c(cc1Cl)OCCCO2)Cc1ccccc1F. The zero-order chi connectivity index (χ0) is 18.5. The Bertz CT molecular complexity index is 800. The monoisotopic (exact) mass is 378 g/mol. The van der Waals surface area contributed by atoms with Gasteiger partial charge in [0.2, 0.25) is 5.91 Å². The van der Waals surface area contributed by atoms with E-state index in [4.69, 9.17) is 21.1 Å². The molecule has 1 heterocycles. The second kappa shape index (κ2) is 8.38. The lowest BCUT2D eigenvalue weighted by molar-refractivity contribution is -0.117. The van der Waals surface area contributed by atoms with Gasteiger partial charge in [0.25, 0.3) is 0 Å². The van der Waals surface area contributed by atoms with Crippen LogP contribution in [0.2, 0.25) is 5.02 Å². The highest BCUT2D eigenvalue weighted by atomic mass is 35.5. The summed E-state index contributed by atoms with van der Waals surface area (Å²) in [6, 6.07) is 9.81. The first-order chi connectivity index (χ1) is 12.5. The lowest BCUT2D eigenvalue weighted by Gasteiger charge is -2.17. The van der Waals surface area contributed by atoms with Crippen molar-refractivity contribution in [1.82, 2.24) is 4.90 Å². The first kappa shape index (κ1) is 18.5. The second-order valence-corrected chi connectivity index (χ2v) is 6.55. The summed E-state index contributed by atoms with van der Waals surface area (Å²) in [5.74, 6) is 0.593. The summed E-state index contributed by atoms with van der Waals surface area (Å²) < 4.78 is 24.9. The number of carbonyl (C=O) groups is 1. The van der Waals surface area contributed by atoms with Crippen molar-refractivity contribution in [3.8, 4) is 11.5 Å². The Balaban J connectivity index is 1.62. The van der Waals surface area contributed by atoms with Crippen LogP contribution >= 0.6 is 11.6 Å². The molecule has 3 rings (SSSR count). The Hall–Kier alpha value is -2.31. The van der Waals surface area contributed by atoms with E-state index in [2.05, 4.69) is 5.32 Å². The van der Waals surface area contributed by atoms with Gasteiger partial charge in [-0.15, -0.1) is 0 Å². The molecule has 0 radical (unpaired) electrons. The number of nitrogens with one attached hydrogen (secondary N) is 1. The molecule has 2 aromatic carbocycles. The topological polar surface area (TPSA) is 50.8 Å². The third kappa shape index (κ3) is 4.65. The first-order valence-corrected chi connectivity index (χ1v) is 8.71. The van der Waals surface area contributed by atoms with E-state index >= 15 is 0 Å². The van der Waals surface area contributed by atoms with Crippen LogP contribution in [0.25, 0.3) is 0 Å². The van der Waals surface area contributed by atoms with Gasteiger partial charge in [0.1, 0.15) is 5.82 Å². The van der Waals surface area contributed by atoms with Crippen molar-refractivity contribution >= 4 is 23.2 Å². The summed E-state index contributed by atoms with van der Waals surface area (Å²) in [5, 5.41) is 3.14. The highest BCUT2D eigenvalue weighted by molar-refractivity contribution is 6.34. The molecule has 1 N–H and O–H groups in total. The van der Waals surface area contributed by atoms with Crippen molar-refractivity contribution < 1.29 is 18.7 Å². The minimum absolute atomic E-state index is 0.0963. The molecule has 138 valence electrons. The number of likely N-dealkylation sites (N-methyl/N-ethyl adjacent to an activating group) is 1. The molecule has 26 heavy (non-hydrogen) atoms. The third-order valence-electron chi connectivity index (χ3n) is 3.92. The molecule has 0 fully saturated rings. The Morgan fingerprint density at radius 2 is 1.92 bits per heavy atom. The van der Waals surface area contributed by atoms with Gasteiger partial charge in [-0.25, -0.2) is 4.39 Å². The van der Waals surface area contributed by atoms with Gasteiger partial charge in [0, 0.05) is 30.7 Å². The fourth-order valence-electron chi connectivity index (χ4n) is 2.69. The quantitative estimate of drug-likeness (QED) is 0.861. The predicted octanol–water partition coefficient (Wildman–Crippen LogP) is 3.71. The Labute approximate surface area is 156 Å². The molecule has 0 saturated carbocycles. The molecule has 0 unspecified atom stereocenters. The summed E-state index contributed by atoms with van der Waals surface area (Å²) in [7, 11) is 1.75. The minimum atomic E-state index is -0.286. The van der Waals surface area contributed by atoms with E-state index in [1.807, 2.05) is 0 Å². The van der Waals surface area contributed by atoms with Crippen LogP contribution in [0.1, 0.15) is 12.0 Å². The van der Waals surface area contributed by atoms with Crippen molar-refractivity contribution in [3.63, 3.8) is 0 Å². The van der Waals surface area contributed by atoms with Crippen LogP contribution in [-0.4, -0.2) is 37.6 Å². The van der Waals surface area contributed by atoms with Gasteiger partial charge in [0.15, 0.2) is 11.5 Å². The van der Waals surface area contributed by atoms with Crippen LogP contribution in [0.15, 0.2) is 36.4 Å². The standard InChI is InChI=1S/C19H20ClFN2O3/c1-23(11-13-5-2-3-6-15(13)21)12-19(24)22-16-10-18-17(9-14(16)20)25-7-4-8-26-18/h2-3,5-6,9-10H,4,7-8,11-12H2,1H3,(H,22,24). The normalized spacial score (nSPS) is 13.4. The number of fused-ring (bicyclic) bond motifs is 1. The van der Waals surface area contributed by atoms with E-state index in [0.717, 1.165) is 6.42 Å². The number of carbonyl (C=O) groups excluding carboxylic acids is 1. The molecule has 1 aliphatic rings. The van der Waals surface area contributed by atoms with Gasteiger partial charge in [0.05, 0.1) is 30.5 Å². The van der Waals surface area contributed by atoms with Crippen LogP contribution in [0.5, 0.6) is 11.5 Å². The lowest BCUT2D eigenvalue weighted by Crippen LogP contribution is -2.30. The van der Waals surface area contributed by atoms with Crippen molar-refractivity contribution in [2.24, 2.45) is 0 Å². The fraction of sp³-hybridized carbons (Fsp3) is 0.316. The molecule has 1 aliphatic heterocycles. The van der Waals surface area contributed by atoms with E-state index in [9.17, 15) is 9.18 Å². The van der Waals surface area contributed by atoms with Gasteiger partial charge in [-0.3, -0.25) is 9.69 Å². The molecule has 7 heteroatoms. The maximum atomic E-state index is 13.7. The molecule has 0 atom stereocenters. The van der Waals surface area contributed by atoms with Crippen molar-refractivity contribution in [1.29, 1.82) is 0 Å². The average Bonchev–Trinajstić information content (AvgIpc) is 2.82. The highest BCUT2D eigenvalue weighted by Crippen LogP contribution is 2.37. The number of anilines is 1. The Morgan fingerprint density at radius 3 is 2.65 bits per heavy atom. The van der Waals surface area contributed by atoms with Gasteiger partial charge in [-0.05, 0) is 13.1 Å². The lowest BCUT2D eigenvalue weighted by atomic mass is 10.2. The van der Waals surface area contributed by atoms with E-state index in [1.165, 1.54) is 6.07 Å². The molecule has 0 aromatic heterocycles. The number of ether oxygens (including phenoxy) is 2. The summed E-state index contributed by atoms with van der Waals surface area (Å²) in [6.07, 6.45) is 0.787. The molecule has 0 spiro atoms. The van der Waals surface area contributed by atoms with E-state index in [0.29, 0.717) is 47.5 Å². The van der Waals surface area contributed by atoms with Gasteiger partial charge in [-0.1, -0.05) is 29.8 Å². The summed E-state index contributed by atoms with van der Waals surface area (Å²) in [4.78, 5) is 14.0. The minimum Gasteiger partial charge on any atom is -0.490 e. The largest absolute Gasteiger partial charge is 0.490 e. The second-order valence-electron chi connectivity index (χ2n) is 6.14. The smallest absolute Gasteiger partial charge is 0.238 e. The van der Waals surface area contributed by atoms with Crippen molar-refractivity contribution in [2.75, 3.05) is 32.1 Å². The number of hydrogen-bond acceptors (Lipinski definition) is 4. The molecule has 0 bridgehead atoms.